The number of nitrogens with zero attached hydrogens (tertiary/aromatic N) is 4. The van der Waals surface area contributed by atoms with E-state index in [9.17, 15) is 4.39 Å². The van der Waals surface area contributed by atoms with Crippen molar-refractivity contribution in [3.8, 4) is 11.8 Å². The molecular weight excluding hydrogens is 471 g/mol. The minimum Gasteiger partial charge on any atom is -0.253 e. The second kappa shape index (κ2) is 10.8. The van der Waals surface area contributed by atoms with Crippen LogP contribution in [0.15, 0.2) is 114 Å². The van der Waals surface area contributed by atoms with E-state index in [1.807, 2.05) is 78.9 Å². The molecule has 0 amide bonds. The minimum atomic E-state index is -0.454. The number of pyridine rings is 1. The standard InChI is InChI=1S/C30H20ClFN4/c31-27-14-12-23(19-28(27)32)21-36-26(16-18-34-36)13-11-22-15-17-33-29(20-22)35-30(24-7-3-1-4-8-24)25-9-5-2-6-10-25/h1-10,12,14-20H,21H2. The summed E-state index contributed by atoms with van der Waals surface area (Å²) in [4.78, 5) is 9.31. The number of halogens is 2. The predicted octanol–water partition coefficient (Wildman–Crippen LogP) is 6.69. The smallest absolute Gasteiger partial charge is 0.153 e. The SMILES string of the molecule is Fc1cc(Cn2nccc2C#Cc2ccnc(N=C(c3ccccc3)c3ccccc3)c2)ccc1Cl. The first-order valence-corrected chi connectivity index (χ1v) is 11.7. The zero-order valence-electron chi connectivity index (χ0n) is 19.1. The van der Waals surface area contributed by atoms with Crippen LogP contribution in [-0.2, 0) is 6.54 Å². The molecule has 0 aliphatic rings. The Morgan fingerprint density at radius 2 is 1.56 bits per heavy atom. The summed E-state index contributed by atoms with van der Waals surface area (Å²) in [6.07, 6.45) is 3.37. The van der Waals surface area contributed by atoms with Crippen LogP contribution in [0.2, 0.25) is 5.02 Å². The Bertz CT molecular complexity index is 1540. The lowest BCUT2D eigenvalue weighted by Gasteiger charge is -2.07. The molecule has 0 atom stereocenters. The van der Waals surface area contributed by atoms with E-state index < -0.39 is 5.82 Å². The monoisotopic (exact) mass is 490 g/mol. The highest BCUT2D eigenvalue weighted by atomic mass is 35.5. The molecule has 174 valence electrons. The topological polar surface area (TPSA) is 43.1 Å². The molecule has 2 heterocycles. The van der Waals surface area contributed by atoms with Crippen LogP contribution in [0.3, 0.4) is 0 Å². The number of aromatic nitrogens is 3. The largest absolute Gasteiger partial charge is 0.253 e. The first-order chi connectivity index (χ1) is 17.7. The van der Waals surface area contributed by atoms with Crippen molar-refractivity contribution in [3.05, 3.63) is 148 Å². The van der Waals surface area contributed by atoms with Crippen LogP contribution in [-0.4, -0.2) is 20.5 Å². The maximum Gasteiger partial charge on any atom is 0.153 e. The molecule has 0 N–H and O–H groups in total. The van der Waals surface area contributed by atoms with Gasteiger partial charge in [-0.25, -0.2) is 14.4 Å². The Kier molecular flexibility index (Phi) is 6.98. The van der Waals surface area contributed by atoms with Gasteiger partial charge in [-0.15, -0.1) is 0 Å². The van der Waals surface area contributed by atoms with Crippen molar-refractivity contribution in [2.24, 2.45) is 4.99 Å². The van der Waals surface area contributed by atoms with Crippen molar-refractivity contribution in [1.29, 1.82) is 0 Å². The third kappa shape index (κ3) is 5.57. The van der Waals surface area contributed by atoms with Gasteiger partial charge in [-0.2, -0.15) is 5.10 Å². The van der Waals surface area contributed by atoms with Crippen LogP contribution < -0.4 is 0 Å². The highest BCUT2D eigenvalue weighted by molar-refractivity contribution is 6.30. The van der Waals surface area contributed by atoms with E-state index in [0.29, 0.717) is 18.1 Å². The predicted molar refractivity (Wildman–Crippen MR) is 141 cm³/mol. The van der Waals surface area contributed by atoms with Gasteiger partial charge in [-0.1, -0.05) is 84.3 Å². The summed E-state index contributed by atoms with van der Waals surface area (Å²) in [5.74, 6) is 6.44. The molecule has 0 unspecified atom stereocenters. The molecule has 0 bridgehead atoms. The second-order valence-electron chi connectivity index (χ2n) is 7.97. The summed E-state index contributed by atoms with van der Waals surface area (Å²) in [6, 6.07) is 30.3. The molecule has 5 aromatic rings. The van der Waals surface area contributed by atoms with Crippen molar-refractivity contribution >= 4 is 23.1 Å². The number of hydrogen-bond acceptors (Lipinski definition) is 3. The summed E-state index contributed by atoms with van der Waals surface area (Å²) in [5.41, 5.74) is 5.07. The lowest BCUT2D eigenvalue weighted by molar-refractivity contribution is 0.619. The third-order valence-corrected chi connectivity index (χ3v) is 5.74. The molecule has 0 aliphatic heterocycles. The Morgan fingerprint density at radius 3 is 2.25 bits per heavy atom. The van der Waals surface area contributed by atoms with E-state index in [4.69, 9.17) is 16.6 Å². The molecule has 0 aliphatic carbocycles. The Balaban J connectivity index is 1.43. The molecule has 0 spiro atoms. The maximum atomic E-state index is 13.8. The zero-order valence-corrected chi connectivity index (χ0v) is 19.9. The Morgan fingerprint density at radius 1 is 0.833 bits per heavy atom. The van der Waals surface area contributed by atoms with E-state index in [1.54, 1.807) is 29.2 Å². The van der Waals surface area contributed by atoms with E-state index in [2.05, 4.69) is 21.9 Å². The van der Waals surface area contributed by atoms with Gasteiger partial charge in [-0.3, -0.25) is 4.68 Å². The van der Waals surface area contributed by atoms with Gasteiger partial charge in [-0.05, 0) is 41.8 Å². The van der Waals surface area contributed by atoms with Gasteiger partial charge in [0.15, 0.2) is 5.82 Å². The van der Waals surface area contributed by atoms with Gasteiger partial charge in [0.25, 0.3) is 0 Å². The number of benzene rings is 3. The average Bonchev–Trinajstić information content (AvgIpc) is 3.36. The molecule has 0 saturated carbocycles. The molecule has 36 heavy (non-hydrogen) atoms. The quantitative estimate of drug-likeness (QED) is 0.203. The lowest BCUT2D eigenvalue weighted by atomic mass is 10.0. The number of aliphatic imine (C=N–C) groups is 1. The molecule has 3 aromatic carbocycles. The molecule has 6 heteroatoms. The molecule has 0 saturated heterocycles. The fourth-order valence-corrected chi connectivity index (χ4v) is 3.79. The minimum absolute atomic E-state index is 0.0954. The third-order valence-electron chi connectivity index (χ3n) is 5.43. The Hall–Kier alpha value is -4.53. The van der Waals surface area contributed by atoms with E-state index in [-0.39, 0.29) is 5.02 Å². The van der Waals surface area contributed by atoms with Crippen LogP contribution in [0.1, 0.15) is 27.9 Å². The van der Waals surface area contributed by atoms with Crippen LogP contribution in [0.4, 0.5) is 10.2 Å². The first-order valence-electron chi connectivity index (χ1n) is 11.3. The lowest BCUT2D eigenvalue weighted by Crippen LogP contribution is -2.04. The molecule has 2 aromatic heterocycles. The summed E-state index contributed by atoms with van der Waals surface area (Å²) in [7, 11) is 0. The average molecular weight is 491 g/mol. The Labute approximate surface area is 213 Å². The number of hydrogen-bond donors (Lipinski definition) is 0. The highest BCUT2D eigenvalue weighted by Crippen LogP contribution is 2.18. The van der Waals surface area contributed by atoms with Gasteiger partial charge in [0.05, 0.1) is 23.5 Å². The van der Waals surface area contributed by atoms with Crippen molar-refractivity contribution in [1.82, 2.24) is 14.8 Å². The fourth-order valence-electron chi connectivity index (χ4n) is 3.67. The molecular formula is C30H20ClFN4. The summed E-state index contributed by atoms with van der Waals surface area (Å²) in [6.45, 7) is 0.383. The number of rotatable bonds is 5. The normalized spacial score (nSPS) is 10.4. The maximum absolute atomic E-state index is 13.8. The van der Waals surface area contributed by atoms with Crippen LogP contribution in [0.5, 0.6) is 0 Å². The van der Waals surface area contributed by atoms with E-state index in [1.165, 1.54) is 6.07 Å². The van der Waals surface area contributed by atoms with Gasteiger partial charge < -0.3 is 0 Å². The molecule has 0 radical (unpaired) electrons. The highest BCUT2D eigenvalue weighted by Gasteiger charge is 2.08. The van der Waals surface area contributed by atoms with Crippen LogP contribution in [0, 0.1) is 17.7 Å². The first kappa shape index (κ1) is 23.2. The van der Waals surface area contributed by atoms with Crippen LogP contribution >= 0.6 is 11.6 Å². The fraction of sp³-hybridized carbons (Fsp3) is 0.0333. The second-order valence-corrected chi connectivity index (χ2v) is 8.37. The van der Waals surface area contributed by atoms with Crippen LogP contribution in [0.25, 0.3) is 0 Å². The van der Waals surface area contributed by atoms with Gasteiger partial charge in [0, 0.05) is 22.9 Å². The summed E-state index contributed by atoms with van der Waals surface area (Å²) in [5, 5.41) is 4.42. The van der Waals surface area contributed by atoms with E-state index >= 15 is 0 Å². The van der Waals surface area contributed by atoms with Gasteiger partial charge >= 0.3 is 0 Å². The van der Waals surface area contributed by atoms with Crippen molar-refractivity contribution in [2.45, 2.75) is 6.54 Å². The summed E-state index contributed by atoms with van der Waals surface area (Å²) < 4.78 is 15.5. The molecule has 0 fully saturated rings. The van der Waals surface area contributed by atoms with E-state index in [0.717, 1.165) is 28.0 Å². The van der Waals surface area contributed by atoms with Crippen molar-refractivity contribution in [2.75, 3.05) is 0 Å². The summed E-state index contributed by atoms with van der Waals surface area (Å²) >= 11 is 5.79. The van der Waals surface area contributed by atoms with Crippen molar-refractivity contribution < 1.29 is 4.39 Å². The van der Waals surface area contributed by atoms with Gasteiger partial charge in [0.1, 0.15) is 11.5 Å². The zero-order chi connectivity index (χ0) is 24.7. The van der Waals surface area contributed by atoms with Crippen molar-refractivity contribution in [3.63, 3.8) is 0 Å². The molecule has 5 rings (SSSR count). The van der Waals surface area contributed by atoms with Gasteiger partial charge in [0.2, 0.25) is 0 Å². The molecule has 4 nitrogen and oxygen atoms in total.